The summed E-state index contributed by atoms with van der Waals surface area (Å²) in [6.07, 6.45) is 1.75. The van der Waals surface area contributed by atoms with Crippen LogP contribution in [0.15, 0.2) is 53.4 Å². The van der Waals surface area contributed by atoms with Crippen LogP contribution in [-0.2, 0) is 0 Å². The van der Waals surface area contributed by atoms with E-state index in [9.17, 15) is 4.39 Å². The van der Waals surface area contributed by atoms with Crippen molar-refractivity contribution in [3.8, 4) is 16.9 Å². The van der Waals surface area contributed by atoms with E-state index in [1.54, 1.807) is 29.7 Å². The molecule has 3 rings (SSSR count). The number of hydrogen-bond donors (Lipinski definition) is 0. The molecule has 17 heavy (non-hydrogen) atoms. The first-order valence-corrected chi connectivity index (χ1v) is 6.11. The minimum atomic E-state index is -0.238. The summed E-state index contributed by atoms with van der Waals surface area (Å²) in [6, 6.07) is 10.3. The summed E-state index contributed by atoms with van der Waals surface area (Å²) < 4.78 is 14.7. The Morgan fingerprint density at radius 2 is 1.88 bits per heavy atom. The van der Waals surface area contributed by atoms with Gasteiger partial charge >= 0.3 is 0 Å². The molecule has 0 spiro atoms. The van der Waals surface area contributed by atoms with E-state index < -0.39 is 0 Å². The number of halogens is 1. The first-order valence-electron chi connectivity index (χ1n) is 5.17. The SMILES string of the molecule is Fc1ccc(-n2nccc2-c2ccsc2)cc1. The van der Waals surface area contributed by atoms with Crippen LogP contribution in [0.25, 0.3) is 16.9 Å². The molecule has 4 heteroatoms. The molecule has 1 aromatic carbocycles. The number of rotatable bonds is 2. The molecule has 3 aromatic rings. The standard InChI is InChI=1S/C13H9FN2S/c14-11-1-3-12(4-2-11)16-13(5-7-15-16)10-6-8-17-9-10/h1-9H. The maximum absolute atomic E-state index is 12.9. The van der Waals surface area contributed by atoms with Gasteiger partial charge in [0.2, 0.25) is 0 Å². The first-order chi connectivity index (χ1) is 8.34. The van der Waals surface area contributed by atoms with Crippen molar-refractivity contribution in [3.63, 3.8) is 0 Å². The van der Waals surface area contributed by atoms with Gasteiger partial charge in [-0.1, -0.05) is 0 Å². The average molecular weight is 244 g/mol. The summed E-state index contributed by atoms with van der Waals surface area (Å²) in [5.74, 6) is -0.238. The van der Waals surface area contributed by atoms with Crippen molar-refractivity contribution >= 4 is 11.3 Å². The highest BCUT2D eigenvalue weighted by Gasteiger charge is 2.07. The number of benzene rings is 1. The molecule has 84 valence electrons. The predicted molar refractivity (Wildman–Crippen MR) is 66.8 cm³/mol. The zero-order valence-corrected chi connectivity index (χ0v) is 9.69. The van der Waals surface area contributed by atoms with E-state index in [0.717, 1.165) is 16.9 Å². The number of aromatic nitrogens is 2. The molecule has 2 nitrogen and oxygen atoms in total. The Morgan fingerprint density at radius 1 is 1.06 bits per heavy atom. The zero-order valence-electron chi connectivity index (χ0n) is 8.88. The molecule has 2 aromatic heterocycles. The van der Waals surface area contributed by atoms with Gasteiger partial charge in [0.15, 0.2) is 0 Å². The maximum atomic E-state index is 12.9. The van der Waals surface area contributed by atoms with Gasteiger partial charge in [0.05, 0.1) is 17.6 Å². The van der Waals surface area contributed by atoms with Crippen LogP contribution in [0.1, 0.15) is 0 Å². The molecule has 0 aliphatic rings. The van der Waals surface area contributed by atoms with Gasteiger partial charge in [0.1, 0.15) is 5.82 Å². The molecule has 0 fully saturated rings. The molecule has 0 aliphatic carbocycles. The Kier molecular flexibility index (Phi) is 2.49. The second-order valence-electron chi connectivity index (χ2n) is 3.62. The van der Waals surface area contributed by atoms with Crippen molar-refractivity contribution < 1.29 is 4.39 Å². The highest BCUT2D eigenvalue weighted by Crippen LogP contribution is 2.24. The predicted octanol–water partition coefficient (Wildman–Crippen LogP) is 3.74. The van der Waals surface area contributed by atoms with E-state index in [2.05, 4.69) is 10.5 Å². The van der Waals surface area contributed by atoms with Crippen molar-refractivity contribution in [1.82, 2.24) is 9.78 Å². The normalized spacial score (nSPS) is 10.6. The van der Waals surface area contributed by atoms with Crippen molar-refractivity contribution in [2.24, 2.45) is 0 Å². The lowest BCUT2D eigenvalue weighted by Crippen LogP contribution is -1.98. The summed E-state index contributed by atoms with van der Waals surface area (Å²) >= 11 is 1.64. The molecule has 0 unspecified atom stereocenters. The van der Waals surface area contributed by atoms with Crippen LogP contribution < -0.4 is 0 Å². The molecular weight excluding hydrogens is 235 g/mol. The smallest absolute Gasteiger partial charge is 0.123 e. The van der Waals surface area contributed by atoms with Crippen LogP contribution in [0.4, 0.5) is 4.39 Å². The molecule has 0 amide bonds. The van der Waals surface area contributed by atoms with Gasteiger partial charge in [0, 0.05) is 10.9 Å². The van der Waals surface area contributed by atoms with Crippen LogP contribution in [-0.4, -0.2) is 9.78 Å². The fourth-order valence-corrected chi connectivity index (χ4v) is 2.37. The van der Waals surface area contributed by atoms with E-state index in [4.69, 9.17) is 0 Å². The molecule has 0 saturated carbocycles. The van der Waals surface area contributed by atoms with Crippen LogP contribution >= 0.6 is 11.3 Å². The van der Waals surface area contributed by atoms with Crippen LogP contribution in [0.5, 0.6) is 0 Å². The van der Waals surface area contributed by atoms with E-state index in [1.807, 2.05) is 22.2 Å². The largest absolute Gasteiger partial charge is 0.233 e. The number of thiophene rings is 1. The van der Waals surface area contributed by atoms with Gasteiger partial charge in [-0.15, -0.1) is 0 Å². The van der Waals surface area contributed by atoms with Gasteiger partial charge in [0.25, 0.3) is 0 Å². The Morgan fingerprint density at radius 3 is 2.59 bits per heavy atom. The quantitative estimate of drug-likeness (QED) is 0.671. The molecule has 0 saturated heterocycles. The van der Waals surface area contributed by atoms with Crippen molar-refractivity contribution in [1.29, 1.82) is 0 Å². The molecular formula is C13H9FN2S. The first kappa shape index (κ1) is 10.2. The second-order valence-corrected chi connectivity index (χ2v) is 4.40. The molecule has 0 radical (unpaired) electrons. The summed E-state index contributed by atoms with van der Waals surface area (Å²) in [7, 11) is 0. The van der Waals surface area contributed by atoms with Gasteiger partial charge in [-0.2, -0.15) is 16.4 Å². The van der Waals surface area contributed by atoms with E-state index in [0.29, 0.717) is 0 Å². The summed E-state index contributed by atoms with van der Waals surface area (Å²) in [5, 5.41) is 8.36. The number of nitrogens with zero attached hydrogens (tertiary/aromatic N) is 2. The van der Waals surface area contributed by atoms with Crippen LogP contribution in [0.2, 0.25) is 0 Å². The summed E-state index contributed by atoms with van der Waals surface area (Å²) in [6.45, 7) is 0. The van der Waals surface area contributed by atoms with Crippen LogP contribution in [0, 0.1) is 5.82 Å². The molecule has 0 N–H and O–H groups in total. The lowest BCUT2D eigenvalue weighted by molar-refractivity contribution is 0.627. The Hall–Kier alpha value is -1.94. The fourth-order valence-electron chi connectivity index (χ4n) is 1.72. The maximum Gasteiger partial charge on any atom is 0.123 e. The van der Waals surface area contributed by atoms with Crippen molar-refractivity contribution in [2.45, 2.75) is 0 Å². The molecule has 2 heterocycles. The molecule has 0 bridgehead atoms. The van der Waals surface area contributed by atoms with E-state index in [-0.39, 0.29) is 5.82 Å². The summed E-state index contributed by atoms with van der Waals surface area (Å²) in [4.78, 5) is 0. The van der Waals surface area contributed by atoms with Crippen molar-refractivity contribution in [2.75, 3.05) is 0 Å². The number of hydrogen-bond acceptors (Lipinski definition) is 2. The Balaban J connectivity index is 2.10. The van der Waals surface area contributed by atoms with Crippen LogP contribution in [0.3, 0.4) is 0 Å². The minimum Gasteiger partial charge on any atom is -0.233 e. The average Bonchev–Trinajstić information content (AvgIpc) is 3.00. The van der Waals surface area contributed by atoms with Crippen molar-refractivity contribution in [3.05, 3.63) is 59.2 Å². The lowest BCUT2D eigenvalue weighted by atomic mass is 10.2. The summed E-state index contributed by atoms with van der Waals surface area (Å²) in [5.41, 5.74) is 2.99. The Labute approximate surface area is 102 Å². The third-order valence-electron chi connectivity index (χ3n) is 2.53. The molecule has 0 aliphatic heterocycles. The highest BCUT2D eigenvalue weighted by molar-refractivity contribution is 7.08. The van der Waals surface area contributed by atoms with Gasteiger partial charge < -0.3 is 0 Å². The lowest BCUT2D eigenvalue weighted by Gasteiger charge is -2.05. The highest BCUT2D eigenvalue weighted by atomic mass is 32.1. The van der Waals surface area contributed by atoms with E-state index >= 15 is 0 Å². The topological polar surface area (TPSA) is 17.8 Å². The van der Waals surface area contributed by atoms with E-state index in [1.165, 1.54) is 12.1 Å². The third-order valence-corrected chi connectivity index (χ3v) is 3.21. The minimum absolute atomic E-state index is 0.238. The second kappa shape index (κ2) is 4.14. The van der Waals surface area contributed by atoms with Gasteiger partial charge in [-0.05, 0) is 41.8 Å². The fraction of sp³-hybridized carbons (Fsp3) is 0. The molecule has 0 atom stereocenters. The Bertz CT molecular complexity index is 611. The van der Waals surface area contributed by atoms with Gasteiger partial charge in [-0.25, -0.2) is 9.07 Å². The monoisotopic (exact) mass is 244 g/mol. The zero-order chi connectivity index (χ0) is 11.7. The van der Waals surface area contributed by atoms with Gasteiger partial charge in [-0.3, -0.25) is 0 Å². The third kappa shape index (κ3) is 1.87.